The summed E-state index contributed by atoms with van der Waals surface area (Å²) in [6.07, 6.45) is 0. The number of fused-ring (bicyclic) bond motifs is 10. The Labute approximate surface area is 436 Å². The Bertz CT molecular complexity index is 3910. The summed E-state index contributed by atoms with van der Waals surface area (Å²) >= 11 is 0. The third kappa shape index (κ3) is 6.58. The highest BCUT2D eigenvalue weighted by Crippen LogP contribution is 2.56. The third-order valence-corrected chi connectivity index (χ3v) is 16.8. The van der Waals surface area contributed by atoms with E-state index in [0.29, 0.717) is 10.9 Å². The molecule has 372 valence electrons. The Morgan fingerprint density at radius 1 is 0.459 bits per heavy atom. The van der Waals surface area contributed by atoms with Gasteiger partial charge in [-0.1, -0.05) is 155 Å². The van der Waals surface area contributed by atoms with Gasteiger partial charge >= 0.3 is 0 Å². The molecular formula is C66H66BN3O4. The lowest BCUT2D eigenvalue weighted by Gasteiger charge is -2.46. The van der Waals surface area contributed by atoms with Gasteiger partial charge in [0.25, 0.3) is 6.71 Å². The zero-order chi connectivity index (χ0) is 52.6. The Balaban J connectivity index is 1.28. The molecule has 8 heteroatoms. The van der Waals surface area contributed by atoms with Crippen molar-refractivity contribution in [2.45, 2.75) is 119 Å². The topological polar surface area (TPSA) is 92.3 Å². The number of phenols is 4. The third-order valence-electron chi connectivity index (χ3n) is 16.8. The normalized spacial score (nSPS) is 14.6. The van der Waals surface area contributed by atoms with E-state index < -0.39 is 23.0 Å². The van der Waals surface area contributed by atoms with Crippen LogP contribution >= 0.6 is 0 Å². The molecule has 0 saturated carbocycles. The van der Waals surface area contributed by atoms with Gasteiger partial charge in [-0.25, -0.2) is 0 Å². The number of aromatic hydroxyl groups is 4. The van der Waals surface area contributed by atoms with Crippen LogP contribution in [0.4, 0.5) is 34.1 Å². The molecule has 1 aliphatic carbocycles. The minimum atomic E-state index is -0.771. The Morgan fingerprint density at radius 3 is 1.69 bits per heavy atom. The van der Waals surface area contributed by atoms with Crippen molar-refractivity contribution < 1.29 is 20.4 Å². The van der Waals surface area contributed by atoms with Crippen molar-refractivity contribution in [3.63, 3.8) is 0 Å². The molecule has 8 aromatic carbocycles. The van der Waals surface area contributed by atoms with E-state index in [9.17, 15) is 20.4 Å². The highest BCUT2D eigenvalue weighted by molar-refractivity contribution is 7.00. The van der Waals surface area contributed by atoms with E-state index in [0.717, 1.165) is 67.3 Å². The van der Waals surface area contributed by atoms with E-state index in [2.05, 4.69) is 196 Å². The molecule has 0 saturated heterocycles. The van der Waals surface area contributed by atoms with Crippen LogP contribution in [0.15, 0.2) is 121 Å². The maximum atomic E-state index is 12.1. The van der Waals surface area contributed by atoms with Crippen LogP contribution < -0.4 is 26.2 Å². The quantitative estimate of drug-likeness (QED) is 0.0801. The second kappa shape index (κ2) is 15.5. The van der Waals surface area contributed by atoms with Gasteiger partial charge in [-0.2, -0.15) is 0 Å². The lowest BCUT2D eigenvalue weighted by Crippen LogP contribution is -2.61. The van der Waals surface area contributed by atoms with Crippen LogP contribution in [-0.4, -0.2) is 31.7 Å². The fraction of sp³-hybridized carbons (Fsp3) is 0.273. The molecule has 0 unspecified atom stereocenters. The fourth-order valence-electron chi connectivity index (χ4n) is 12.7. The second-order valence-electron chi connectivity index (χ2n) is 25.1. The van der Waals surface area contributed by atoms with Gasteiger partial charge < -0.3 is 34.8 Å². The van der Waals surface area contributed by atoms with E-state index in [1.807, 2.05) is 36.6 Å². The number of benzene rings is 8. The van der Waals surface area contributed by atoms with Crippen LogP contribution in [0.3, 0.4) is 0 Å². The smallest absolute Gasteiger partial charge is 0.252 e. The zero-order valence-electron chi connectivity index (χ0n) is 45.3. The predicted molar refractivity (Wildman–Crippen MR) is 309 cm³/mol. The average molecular weight is 976 g/mol. The number of phenolic OH excluding ortho intramolecular Hbond substituents is 4. The number of nitrogens with zero attached hydrogens (tertiary/aromatic N) is 3. The Kier molecular flexibility index (Phi) is 9.93. The summed E-state index contributed by atoms with van der Waals surface area (Å²) in [5.41, 5.74) is 22.5. The minimum absolute atomic E-state index is 0.0375. The van der Waals surface area contributed by atoms with Gasteiger partial charge in [-0.3, -0.25) is 0 Å². The van der Waals surface area contributed by atoms with Gasteiger partial charge in [0.15, 0.2) is 11.5 Å². The van der Waals surface area contributed by atoms with Gasteiger partial charge in [-0.15, -0.1) is 0 Å². The SMILES string of the molecule is Cc1cc(C(C)(C)C)ccc1N1c2ccc(C(C)(C)C)cc2B2c3cc4c5c(O)c(O)c(O)c(O)c5n(-c5c(C)cccc5C)c4cc3N(c3ccc4c(c3)C(C)(C)c3ccccc3-4)c3cc(C(C)(C)C)cc1c32. The summed E-state index contributed by atoms with van der Waals surface area (Å²) in [7, 11) is 0. The minimum Gasteiger partial charge on any atom is -0.504 e. The van der Waals surface area contributed by atoms with Crippen LogP contribution in [-0.2, 0) is 21.7 Å². The molecular weight excluding hydrogens is 910 g/mol. The number of aromatic nitrogens is 1. The van der Waals surface area contributed by atoms with Crippen molar-refractivity contribution in [1.82, 2.24) is 4.57 Å². The van der Waals surface area contributed by atoms with Crippen molar-refractivity contribution in [2.24, 2.45) is 0 Å². The molecule has 4 N–H and O–H groups in total. The molecule has 9 aromatic rings. The Morgan fingerprint density at radius 2 is 1.04 bits per heavy atom. The summed E-state index contributed by atoms with van der Waals surface area (Å²) < 4.78 is 1.97. The Hall–Kier alpha value is -7.58. The fourth-order valence-corrected chi connectivity index (χ4v) is 12.7. The van der Waals surface area contributed by atoms with E-state index in [4.69, 9.17) is 0 Å². The van der Waals surface area contributed by atoms with E-state index in [1.54, 1.807) is 0 Å². The molecule has 7 nitrogen and oxygen atoms in total. The lowest BCUT2D eigenvalue weighted by atomic mass is 9.33. The summed E-state index contributed by atoms with van der Waals surface area (Å²) in [6.45, 7) is 31.2. The van der Waals surface area contributed by atoms with Crippen molar-refractivity contribution in [1.29, 1.82) is 0 Å². The highest BCUT2D eigenvalue weighted by Gasteiger charge is 2.46. The number of anilines is 6. The van der Waals surface area contributed by atoms with E-state index in [-0.39, 0.29) is 39.3 Å². The molecule has 3 aliphatic rings. The molecule has 0 amide bonds. The highest BCUT2D eigenvalue weighted by atomic mass is 16.3. The van der Waals surface area contributed by atoms with Crippen LogP contribution in [0.1, 0.15) is 121 Å². The molecule has 74 heavy (non-hydrogen) atoms. The number of hydrogen-bond donors (Lipinski definition) is 4. The van der Waals surface area contributed by atoms with Crippen LogP contribution in [0, 0.1) is 20.8 Å². The maximum absolute atomic E-state index is 12.1. The van der Waals surface area contributed by atoms with Crippen molar-refractivity contribution in [2.75, 3.05) is 9.80 Å². The van der Waals surface area contributed by atoms with Gasteiger partial charge in [-0.05, 0) is 152 Å². The van der Waals surface area contributed by atoms with Crippen molar-refractivity contribution >= 4 is 79.0 Å². The molecule has 0 atom stereocenters. The van der Waals surface area contributed by atoms with Crippen molar-refractivity contribution in [3.8, 4) is 39.8 Å². The summed E-state index contributed by atoms with van der Waals surface area (Å²) in [5, 5.41) is 47.9. The largest absolute Gasteiger partial charge is 0.504 e. The van der Waals surface area contributed by atoms with Gasteiger partial charge in [0, 0.05) is 44.9 Å². The first-order chi connectivity index (χ1) is 34.8. The molecule has 12 rings (SSSR count). The monoisotopic (exact) mass is 976 g/mol. The molecule has 0 fully saturated rings. The number of rotatable bonds is 3. The molecule has 0 radical (unpaired) electrons. The molecule has 1 aromatic heterocycles. The van der Waals surface area contributed by atoms with Crippen LogP contribution in [0.5, 0.6) is 23.0 Å². The summed E-state index contributed by atoms with van der Waals surface area (Å²) in [5.74, 6) is -2.54. The summed E-state index contributed by atoms with van der Waals surface area (Å²) in [6, 6.07) is 45.1. The average Bonchev–Trinajstić information content (AvgIpc) is 3.82. The van der Waals surface area contributed by atoms with Crippen LogP contribution in [0.25, 0.3) is 38.6 Å². The number of aryl methyl sites for hydroxylation is 3. The second-order valence-corrected chi connectivity index (χ2v) is 25.1. The zero-order valence-corrected chi connectivity index (χ0v) is 45.3. The van der Waals surface area contributed by atoms with Gasteiger partial charge in [0.1, 0.15) is 5.52 Å². The summed E-state index contributed by atoms with van der Waals surface area (Å²) in [4.78, 5) is 4.97. The lowest BCUT2D eigenvalue weighted by molar-refractivity contribution is 0.350. The van der Waals surface area contributed by atoms with Crippen LogP contribution in [0.2, 0.25) is 0 Å². The maximum Gasteiger partial charge on any atom is 0.252 e. The standard InChI is InChI=1S/C66H66BN3O4/c1-35-18-17-19-36(2)57(35)70-51-34-52-48(33-44(51)55-58(70)60(72)62(74)61(73)59(55)71)67-47-29-39(64(7,8)9)23-27-50(47)69(49-26-22-38(28-37(49)3)63(4,5)6)54-31-40(65(10,11)12)30-53(56(54)67)68(52)41-24-25-43-42-20-15-16-21-45(42)66(13,14)46(43)32-41/h15-34,71-74H,1-14H3. The number of para-hydroxylation sites is 1. The van der Waals surface area contributed by atoms with E-state index in [1.165, 1.54) is 44.5 Å². The van der Waals surface area contributed by atoms with Gasteiger partial charge in [0.2, 0.25) is 11.5 Å². The molecule has 0 spiro atoms. The first-order valence-electron chi connectivity index (χ1n) is 26.1. The number of hydrogen-bond acceptors (Lipinski definition) is 6. The van der Waals surface area contributed by atoms with E-state index >= 15 is 0 Å². The van der Waals surface area contributed by atoms with Crippen molar-refractivity contribution in [3.05, 3.63) is 166 Å². The first-order valence-corrected chi connectivity index (χ1v) is 26.1. The first kappa shape index (κ1) is 47.4. The van der Waals surface area contributed by atoms with Gasteiger partial charge in [0.05, 0.1) is 16.6 Å². The molecule has 0 bridgehead atoms. The predicted octanol–water partition coefficient (Wildman–Crippen LogP) is 14.8. The molecule has 2 aliphatic heterocycles. The molecule has 3 heterocycles.